The number of hydrogen-bond acceptors (Lipinski definition) is 3. The van der Waals surface area contributed by atoms with Gasteiger partial charge in [0.25, 0.3) is 0 Å². The Balaban J connectivity index is 1.67. The predicted molar refractivity (Wildman–Crippen MR) is 69.5 cm³/mol. The summed E-state index contributed by atoms with van der Waals surface area (Å²) in [6.45, 7) is 1.32. The summed E-state index contributed by atoms with van der Waals surface area (Å²) in [6, 6.07) is 11.9. The summed E-state index contributed by atoms with van der Waals surface area (Å²) in [5.41, 5.74) is 0.983. The quantitative estimate of drug-likeness (QED) is 0.702. The number of nitrogens with zero attached hydrogens (tertiary/aromatic N) is 3. The maximum absolute atomic E-state index is 5.66. The first kappa shape index (κ1) is 10.8. The van der Waals surface area contributed by atoms with Gasteiger partial charge in [0.05, 0.1) is 18.3 Å². The fraction of sp³-hybridized carbons (Fsp3) is 0.143. The van der Waals surface area contributed by atoms with Gasteiger partial charge in [-0.1, -0.05) is 18.2 Å². The van der Waals surface area contributed by atoms with Crippen LogP contribution in [0.1, 0.15) is 0 Å². The molecule has 0 aliphatic heterocycles. The first-order valence-electron chi connectivity index (χ1n) is 5.87. The normalized spacial score (nSPS) is 10.7. The Morgan fingerprint density at radius 3 is 3.00 bits per heavy atom. The van der Waals surface area contributed by atoms with Gasteiger partial charge in [0, 0.05) is 17.8 Å². The minimum Gasteiger partial charge on any atom is -0.490 e. The molecule has 2 aromatic heterocycles. The van der Waals surface area contributed by atoms with Crippen LogP contribution in [0.3, 0.4) is 0 Å². The molecule has 0 N–H and O–H groups in total. The molecule has 0 saturated heterocycles. The molecule has 0 spiro atoms. The molecule has 4 nitrogen and oxygen atoms in total. The highest BCUT2D eigenvalue weighted by molar-refractivity contribution is 5.79. The number of fused-ring (bicyclic) bond motifs is 1. The van der Waals surface area contributed by atoms with Crippen molar-refractivity contribution in [2.75, 3.05) is 6.61 Å². The van der Waals surface area contributed by atoms with Crippen LogP contribution < -0.4 is 4.74 Å². The lowest BCUT2D eigenvalue weighted by molar-refractivity contribution is 0.291. The molecule has 3 aromatic rings. The van der Waals surface area contributed by atoms with E-state index in [0.29, 0.717) is 6.61 Å². The van der Waals surface area contributed by atoms with Crippen molar-refractivity contribution in [3.8, 4) is 5.75 Å². The Hall–Kier alpha value is -2.36. The lowest BCUT2D eigenvalue weighted by Gasteiger charge is -2.06. The van der Waals surface area contributed by atoms with Crippen LogP contribution in [0.5, 0.6) is 5.75 Å². The highest BCUT2D eigenvalue weighted by atomic mass is 16.5. The average Bonchev–Trinajstić information content (AvgIpc) is 2.92. The highest BCUT2D eigenvalue weighted by Gasteiger charge is 1.98. The van der Waals surface area contributed by atoms with Gasteiger partial charge in [-0.05, 0) is 18.2 Å². The van der Waals surface area contributed by atoms with E-state index in [1.807, 2.05) is 47.3 Å². The van der Waals surface area contributed by atoms with Crippen molar-refractivity contribution in [3.63, 3.8) is 0 Å². The Morgan fingerprint density at radius 1 is 1.17 bits per heavy atom. The molecule has 0 atom stereocenters. The second-order valence-corrected chi connectivity index (χ2v) is 3.98. The number of para-hydroxylation sites is 1. The molecule has 3 rings (SSSR count). The predicted octanol–water partition coefficient (Wildman–Crippen LogP) is 2.51. The van der Waals surface area contributed by atoms with Crippen molar-refractivity contribution in [3.05, 3.63) is 55.0 Å². The first-order valence-corrected chi connectivity index (χ1v) is 5.87. The summed E-state index contributed by atoms with van der Waals surface area (Å²) in [6.07, 6.45) is 5.44. The molecule has 0 amide bonds. The molecule has 18 heavy (non-hydrogen) atoms. The van der Waals surface area contributed by atoms with E-state index in [2.05, 4.69) is 10.1 Å². The lowest BCUT2D eigenvalue weighted by Crippen LogP contribution is -2.08. The van der Waals surface area contributed by atoms with Crippen LogP contribution in [0.2, 0.25) is 0 Å². The summed E-state index contributed by atoms with van der Waals surface area (Å²) in [5.74, 6) is 0.792. The molecule has 0 bridgehead atoms. The second-order valence-electron chi connectivity index (χ2n) is 3.98. The van der Waals surface area contributed by atoms with Crippen LogP contribution in [-0.2, 0) is 6.54 Å². The molecule has 0 saturated carbocycles. The van der Waals surface area contributed by atoms with Crippen molar-refractivity contribution in [2.24, 2.45) is 0 Å². The monoisotopic (exact) mass is 239 g/mol. The Morgan fingerprint density at radius 2 is 2.11 bits per heavy atom. The van der Waals surface area contributed by atoms with Crippen LogP contribution in [0.25, 0.3) is 10.9 Å². The summed E-state index contributed by atoms with van der Waals surface area (Å²) < 4.78 is 7.51. The van der Waals surface area contributed by atoms with E-state index in [1.54, 1.807) is 12.4 Å². The first-order chi connectivity index (χ1) is 8.92. The third-order valence-electron chi connectivity index (χ3n) is 2.71. The Bertz CT molecular complexity index is 634. The van der Waals surface area contributed by atoms with Gasteiger partial charge in [-0.3, -0.25) is 9.67 Å². The standard InChI is InChI=1S/C14H13N3O/c1-2-5-14-12(4-1)10-13(11-15-14)18-9-8-17-7-3-6-16-17/h1-7,10-11H,8-9H2. The number of rotatable bonds is 4. The van der Waals surface area contributed by atoms with Crippen LogP contribution in [0.4, 0.5) is 0 Å². The molecule has 0 aliphatic carbocycles. The van der Waals surface area contributed by atoms with Gasteiger partial charge in [-0.2, -0.15) is 5.10 Å². The SMILES string of the molecule is c1ccc2ncc(OCCn3cccn3)cc2c1. The largest absolute Gasteiger partial charge is 0.490 e. The van der Waals surface area contributed by atoms with E-state index in [-0.39, 0.29) is 0 Å². The van der Waals surface area contributed by atoms with Crippen molar-refractivity contribution in [1.29, 1.82) is 0 Å². The average molecular weight is 239 g/mol. The van der Waals surface area contributed by atoms with Gasteiger partial charge in [0.2, 0.25) is 0 Å². The number of ether oxygens (including phenoxy) is 1. The van der Waals surface area contributed by atoms with Gasteiger partial charge < -0.3 is 4.74 Å². The number of benzene rings is 1. The van der Waals surface area contributed by atoms with E-state index in [9.17, 15) is 0 Å². The Kier molecular flexibility index (Phi) is 2.92. The van der Waals surface area contributed by atoms with Gasteiger partial charge in [0.1, 0.15) is 12.4 Å². The van der Waals surface area contributed by atoms with Crippen molar-refractivity contribution >= 4 is 10.9 Å². The Labute approximate surface area is 105 Å². The van der Waals surface area contributed by atoms with E-state index in [1.165, 1.54) is 0 Å². The number of aromatic nitrogens is 3. The maximum Gasteiger partial charge on any atom is 0.138 e. The molecular formula is C14H13N3O. The van der Waals surface area contributed by atoms with Gasteiger partial charge in [-0.25, -0.2) is 0 Å². The molecule has 0 unspecified atom stereocenters. The van der Waals surface area contributed by atoms with Crippen LogP contribution >= 0.6 is 0 Å². The molecule has 1 aromatic carbocycles. The van der Waals surface area contributed by atoms with E-state index >= 15 is 0 Å². The van der Waals surface area contributed by atoms with Gasteiger partial charge >= 0.3 is 0 Å². The summed E-state index contributed by atoms with van der Waals surface area (Å²) >= 11 is 0. The zero-order valence-corrected chi connectivity index (χ0v) is 9.86. The van der Waals surface area contributed by atoms with Crippen LogP contribution in [0.15, 0.2) is 55.0 Å². The van der Waals surface area contributed by atoms with Gasteiger partial charge in [0.15, 0.2) is 0 Å². The molecule has 0 aliphatic rings. The summed E-state index contributed by atoms with van der Waals surface area (Å²) in [7, 11) is 0. The molecule has 0 fully saturated rings. The molecular weight excluding hydrogens is 226 g/mol. The second kappa shape index (κ2) is 4.87. The van der Waals surface area contributed by atoms with Crippen LogP contribution in [0, 0.1) is 0 Å². The van der Waals surface area contributed by atoms with E-state index in [4.69, 9.17) is 4.74 Å². The third kappa shape index (κ3) is 2.32. The lowest BCUT2D eigenvalue weighted by atomic mass is 10.2. The van der Waals surface area contributed by atoms with Crippen molar-refractivity contribution < 1.29 is 4.74 Å². The smallest absolute Gasteiger partial charge is 0.138 e. The van der Waals surface area contributed by atoms with Crippen molar-refractivity contribution in [2.45, 2.75) is 6.54 Å². The molecule has 4 heteroatoms. The van der Waals surface area contributed by atoms with Crippen molar-refractivity contribution in [1.82, 2.24) is 14.8 Å². The number of hydrogen-bond donors (Lipinski definition) is 0. The minimum atomic E-state index is 0.585. The molecule has 2 heterocycles. The molecule has 0 radical (unpaired) electrons. The fourth-order valence-corrected chi connectivity index (χ4v) is 1.82. The van der Waals surface area contributed by atoms with Gasteiger partial charge in [-0.15, -0.1) is 0 Å². The zero-order chi connectivity index (χ0) is 12.2. The highest BCUT2D eigenvalue weighted by Crippen LogP contribution is 2.17. The van der Waals surface area contributed by atoms with E-state index in [0.717, 1.165) is 23.2 Å². The fourth-order valence-electron chi connectivity index (χ4n) is 1.82. The van der Waals surface area contributed by atoms with Crippen LogP contribution in [-0.4, -0.2) is 21.4 Å². The van der Waals surface area contributed by atoms with E-state index < -0.39 is 0 Å². The minimum absolute atomic E-state index is 0.585. The third-order valence-corrected chi connectivity index (χ3v) is 2.71. The summed E-state index contributed by atoms with van der Waals surface area (Å²) in [4.78, 5) is 4.35. The number of pyridine rings is 1. The zero-order valence-electron chi connectivity index (χ0n) is 9.86. The topological polar surface area (TPSA) is 39.9 Å². The molecule has 90 valence electrons. The maximum atomic E-state index is 5.66. The summed E-state index contributed by atoms with van der Waals surface area (Å²) in [5, 5.41) is 5.21.